The summed E-state index contributed by atoms with van der Waals surface area (Å²) in [5, 5.41) is 19.5. The number of benzene rings is 2. The number of phenolic OH excluding ortho intramolecular Hbond substituents is 1. The van der Waals surface area contributed by atoms with Gasteiger partial charge in [-0.3, -0.25) is 14.0 Å². The number of anilines is 1. The number of halogens is 1. The number of nitrogens with two attached hydrogens (primary N) is 1. The van der Waals surface area contributed by atoms with Crippen LogP contribution in [0.4, 0.5) is 10.2 Å². The van der Waals surface area contributed by atoms with Gasteiger partial charge in [0.05, 0.1) is 16.8 Å². The lowest BCUT2D eigenvalue weighted by Crippen LogP contribution is -2.27. The van der Waals surface area contributed by atoms with Crippen LogP contribution in [0.25, 0.3) is 39.0 Å². The number of phenols is 1. The van der Waals surface area contributed by atoms with E-state index in [2.05, 4.69) is 20.2 Å². The average molecular weight is 512 g/mol. The van der Waals surface area contributed by atoms with Crippen molar-refractivity contribution >= 4 is 27.9 Å². The van der Waals surface area contributed by atoms with E-state index in [1.165, 1.54) is 23.1 Å². The van der Waals surface area contributed by atoms with E-state index in [0.717, 1.165) is 11.6 Å². The van der Waals surface area contributed by atoms with Crippen LogP contribution in [0.2, 0.25) is 0 Å². The first kappa shape index (κ1) is 23.3. The molecule has 4 aromatic heterocycles. The lowest BCUT2D eigenvalue weighted by Gasteiger charge is -2.15. The minimum Gasteiger partial charge on any atom is -0.508 e. The summed E-state index contributed by atoms with van der Waals surface area (Å²) in [6, 6.07) is 11.1. The molecule has 0 amide bonds. The van der Waals surface area contributed by atoms with E-state index < -0.39 is 5.82 Å². The van der Waals surface area contributed by atoms with Gasteiger partial charge in [0, 0.05) is 18.7 Å². The van der Waals surface area contributed by atoms with Crippen LogP contribution in [-0.4, -0.2) is 44.2 Å². The molecule has 0 bridgehead atoms. The van der Waals surface area contributed by atoms with Crippen molar-refractivity contribution in [2.24, 2.45) is 7.05 Å². The topological polar surface area (TPSA) is 143 Å². The molecule has 2 aromatic carbocycles. The highest BCUT2D eigenvalue weighted by molar-refractivity contribution is 5.98. The zero-order chi connectivity index (χ0) is 26.7. The number of hydrogen-bond acceptors (Lipinski definition) is 8. The molecule has 0 aliphatic heterocycles. The smallest absolute Gasteiger partial charge is 0.284 e. The zero-order valence-corrected chi connectivity index (χ0v) is 20.7. The van der Waals surface area contributed by atoms with Crippen LogP contribution in [-0.2, 0) is 13.6 Å². The Kier molecular flexibility index (Phi) is 5.19. The standard InChI is InChI=1S/C26H22FN9O2/c1-13-6-4-5-7-18(13)36-19(31-21-14(2)32-34(3)23(21)26(36)38)11-35-25-20(24(28)29-12-30-25)22(33-35)15-8-16(27)10-17(37)9-15/h4-10,12,37H,11H2,1-3H3,(H2,28,29,30). The largest absolute Gasteiger partial charge is 0.508 e. The van der Waals surface area contributed by atoms with Gasteiger partial charge in [0.15, 0.2) is 11.2 Å². The summed E-state index contributed by atoms with van der Waals surface area (Å²) in [7, 11) is 1.71. The predicted octanol–water partition coefficient (Wildman–Crippen LogP) is 3.02. The van der Waals surface area contributed by atoms with Gasteiger partial charge in [0.1, 0.15) is 47.3 Å². The lowest BCUT2D eigenvalue weighted by atomic mass is 10.1. The van der Waals surface area contributed by atoms with Crippen LogP contribution in [0.15, 0.2) is 53.6 Å². The molecule has 0 unspecified atom stereocenters. The first-order valence-electron chi connectivity index (χ1n) is 11.7. The van der Waals surface area contributed by atoms with Gasteiger partial charge in [-0.15, -0.1) is 0 Å². The molecule has 0 saturated carbocycles. The number of para-hydroxylation sites is 1. The van der Waals surface area contributed by atoms with Gasteiger partial charge in [-0.2, -0.15) is 10.2 Å². The molecule has 0 radical (unpaired) electrons. The van der Waals surface area contributed by atoms with E-state index in [-0.39, 0.29) is 29.4 Å². The van der Waals surface area contributed by atoms with E-state index in [9.17, 15) is 14.3 Å². The number of hydrogen-bond donors (Lipinski definition) is 2. The van der Waals surface area contributed by atoms with Crippen molar-refractivity contribution in [1.82, 2.24) is 39.1 Å². The van der Waals surface area contributed by atoms with Crippen LogP contribution in [0.1, 0.15) is 17.1 Å². The summed E-state index contributed by atoms with van der Waals surface area (Å²) in [5.41, 5.74) is 9.90. The van der Waals surface area contributed by atoms with Gasteiger partial charge in [-0.25, -0.2) is 24.0 Å². The zero-order valence-electron chi connectivity index (χ0n) is 20.7. The van der Waals surface area contributed by atoms with Crippen LogP contribution in [0.5, 0.6) is 5.75 Å². The highest BCUT2D eigenvalue weighted by Gasteiger charge is 2.23. The van der Waals surface area contributed by atoms with Crippen LogP contribution < -0.4 is 11.3 Å². The van der Waals surface area contributed by atoms with Gasteiger partial charge in [-0.05, 0) is 37.6 Å². The number of fused-ring (bicyclic) bond motifs is 2. The first-order valence-corrected chi connectivity index (χ1v) is 11.7. The molecule has 0 aliphatic rings. The maximum absolute atomic E-state index is 14.2. The Labute approximate surface area is 214 Å². The van der Waals surface area contributed by atoms with Crippen molar-refractivity contribution < 1.29 is 9.50 Å². The summed E-state index contributed by atoms with van der Waals surface area (Å²) < 4.78 is 18.8. The third-order valence-corrected chi connectivity index (χ3v) is 6.46. The highest BCUT2D eigenvalue weighted by Crippen LogP contribution is 2.33. The molecule has 0 fully saturated rings. The second-order valence-corrected chi connectivity index (χ2v) is 9.02. The second-order valence-electron chi connectivity index (χ2n) is 9.02. The summed E-state index contributed by atoms with van der Waals surface area (Å²) in [6.45, 7) is 3.74. The molecule has 0 saturated heterocycles. The minimum atomic E-state index is -0.634. The van der Waals surface area contributed by atoms with E-state index in [1.54, 1.807) is 23.2 Å². The molecule has 3 N–H and O–H groups in total. The fraction of sp³-hybridized carbons (Fsp3) is 0.154. The highest BCUT2D eigenvalue weighted by atomic mass is 19.1. The SMILES string of the molecule is Cc1ccccc1-n1c(Cn2nc(-c3cc(O)cc(F)c3)c3c(N)ncnc32)nc2c(C)nn(C)c2c1=O. The lowest BCUT2D eigenvalue weighted by molar-refractivity contribution is 0.469. The minimum absolute atomic E-state index is 0.0299. The molecule has 0 spiro atoms. The summed E-state index contributed by atoms with van der Waals surface area (Å²) in [6.07, 6.45) is 1.30. The first-order chi connectivity index (χ1) is 18.2. The molecule has 190 valence electrons. The van der Waals surface area contributed by atoms with E-state index in [4.69, 9.17) is 10.7 Å². The van der Waals surface area contributed by atoms with Crippen molar-refractivity contribution in [3.05, 3.63) is 82.0 Å². The van der Waals surface area contributed by atoms with E-state index in [1.807, 2.05) is 31.2 Å². The Bertz CT molecular complexity index is 1930. The number of nitrogen functional groups attached to an aromatic ring is 1. The van der Waals surface area contributed by atoms with Gasteiger partial charge >= 0.3 is 0 Å². The predicted molar refractivity (Wildman–Crippen MR) is 139 cm³/mol. The molecule has 0 aliphatic carbocycles. The molecule has 38 heavy (non-hydrogen) atoms. The summed E-state index contributed by atoms with van der Waals surface area (Å²) in [4.78, 5) is 27.2. The molecule has 12 heteroatoms. The Morgan fingerprint density at radius 1 is 1.08 bits per heavy atom. The number of aryl methyl sites for hydroxylation is 3. The molecule has 4 heterocycles. The normalized spacial score (nSPS) is 11.6. The molecular weight excluding hydrogens is 489 g/mol. The molecule has 6 aromatic rings. The summed E-state index contributed by atoms with van der Waals surface area (Å²) >= 11 is 0. The van der Waals surface area contributed by atoms with Crippen molar-refractivity contribution in [1.29, 1.82) is 0 Å². The third-order valence-electron chi connectivity index (χ3n) is 6.46. The fourth-order valence-electron chi connectivity index (χ4n) is 4.78. The summed E-state index contributed by atoms with van der Waals surface area (Å²) in [5.74, 6) is -0.359. The maximum Gasteiger partial charge on any atom is 0.284 e. The van der Waals surface area contributed by atoms with Gasteiger partial charge in [0.2, 0.25) is 0 Å². The Balaban J connectivity index is 1.63. The molecule has 0 atom stereocenters. The monoisotopic (exact) mass is 511 g/mol. The molecular formula is C26H22FN9O2. The van der Waals surface area contributed by atoms with Gasteiger partial charge < -0.3 is 10.8 Å². The Morgan fingerprint density at radius 2 is 1.87 bits per heavy atom. The van der Waals surface area contributed by atoms with Crippen molar-refractivity contribution in [2.45, 2.75) is 20.4 Å². The van der Waals surface area contributed by atoms with E-state index in [0.29, 0.717) is 44.8 Å². The molecule has 11 nitrogen and oxygen atoms in total. The van der Waals surface area contributed by atoms with Crippen molar-refractivity contribution in [3.8, 4) is 22.7 Å². The fourth-order valence-corrected chi connectivity index (χ4v) is 4.78. The van der Waals surface area contributed by atoms with Gasteiger partial charge in [-0.1, -0.05) is 18.2 Å². The quantitative estimate of drug-likeness (QED) is 0.368. The van der Waals surface area contributed by atoms with Crippen molar-refractivity contribution in [2.75, 3.05) is 5.73 Å². The van der Waals surface area contributed by atoms with Crippen LogP contribution in [0, 0.1) is 19.7 Å². The second kappa shape index (κ2) is 8.47. The van der Waals surface area contributed by atoms with Crippen LogP contribution in [0.3, 0.4) is 0 Å². The van der Waals surface area contributed by atoms with Crippen LogP contribution >= 0.6 is 0 Å². The maximum atomic E-state index is 14.2. The Morgan fingerprint density at radius 3 is 2.63 bits per heavy atom. The number of aromatic hydroxyl groups is 1. The number of aromatic nitrogens is 8. The number of nitrogens with zero attached hydrogens (tertiary/aromatic N) is 8. The number of rotatable bonds is 4. The van der Waals surface area contributed by atoms with E-state index >= 15 is 0 Å². The molecule has 6 rings (SSSR count). The average Bonchev–Trinajstić information content (AvgIpc) is 3.37. The third kappa shape index (κ3) is 3.57. The van der Waals surface area contributed by atoms with Crippen molar-refractivity contribution in [3.63, 3.8) is 0 Å². The van der Waals surface area contributed by atoms with Gasteiger partial charge in [0.25, 0.3) is 5.56 Å². The Hall–Kier alpha value is -5.13.